The number of rotatable bonds is 12. The highest BCUT2D eigenvalue weighted by Crippen LogP contribution is 2.26. The normalized spacial score (nSPS) is 13.9. The second-order valence-corrected chi connectivity index (χ2v) is 11.5. The van der Waals surface area contributed by atoms with E-state index in [-0.39, 0.29) is 47.5 Å². The molecule has 14 heteroatoms. The van der Waals surface area contributed by atoms with Gasteiger partial charge in [0, 0.05) is 31.9 Å². The maximum absolute atomic E-state index is 15.2. The van der Waals surface area contributed by atoms with Crippen LogP contribution in [-0.4, -0.2) is 59.3 Å². The molecule has 6 rings (SSSR count). The molecule has 1 fully saturated rings. The van der Waals surface area contributed by atoms with Crippen molar-refractivity contribution in [3.05, 3.63) is 101 Å². The number of carbonyl (C=O) groups is 1. The molecular weight excluding hydrogens is 627 g/mol. The summed E-state index contributed by atoms with van der Waals surface area (Å²) in [4.78, 5) is 26.7. The molecule has 1 aliphatic rings. The number of benzene rings is 2. The van der Waals surface area contributed by atoms with Crippen LogP contribution in [0.2, 0.25) is 0 Å². The first-order chi connectivity index (χ1) is 23.2. The van der Waals surface area contributed by atoms with Gasteiger partial charge in [0.05, 0.1) is 48.7 Å². The van der Waals surface area contributed by atoms with Crippen molar-refractivity contribution in [1.82, 2.24) is 29.0 Å². The molecule has 11 nitrogen and oxygen atoms in total. The molecule has 0 aliphatic carbocycles. The summed E-state index contributed by atoms with van der Waals surface area (Å²) in [6.07, 6.45) is 4.27. The number of fused-ring (bicyclic) bond motifs is 1. The van der Waals surface area contributed by atoms with Crippen LogP contribution < -0.4 is 9.47 Å². The third-order valence-electron chi connectivity index (χ3n) is 8.27. The van der Waals surface area contributed by atoms with E-state index in [2.05, 4.69) is 19.9 Å². The number of aliphatic carboxylic acids is 1. The van der Waals surface area contributed by atoms with Gasteiger partial charge in [-0.3, -0.25) is 9.69 Å². The van der Waals surface area contributed by atoms with Gasteiger partial charge in [-0.2, -0.15) is 5.26 Å². The number of aromatic nitrogens is 5. The molecule has 48 heavy (non-hydrogen) atoms. The van der Waals surface area contributed by atoms with Crippen LogP contribution in [0.3, 0.4) is 0 Å². The predicted octanol–water partition coefficient (Wildman–Crippen LogP) is 5.23. The third-order valence-corrected chi connectivity index (χ3v) is 8.27. The first-order valence-corrected chi connectivity index (χ1v) is 15.5. The number of nitriles is 1. The second-order valence-electron chi connectivity index (χ2n) is 11.5. The molecule has 0 unspecified atom stereocenters. The molecule has 0 saturated carbocycles. The molecule has 248 valence electrons. The second kappa shape index (κ2) is 14.1. The molecule has 0 amide bonds. The van der Waals surface area contributed by atoms with Crippen molar-refractivity contribution in [2.24, 2.45) is 0 Å². The van der Waals surface area contributed by atoms with E-state index in [1.165, 1.54) is 30.3 Å². The number of nitrogens with zero attached hydrogens (tertiary/aromatic N) is 7. The van der Waals surface area contributed by atoms with Gasteiger partial charge < -0.3 is 23.7 Å². The molecule has 1 N–H and O–H groups in total. The summed E-state index contributed by atoms with van der Waals surface area (Å²) in [6.45, 7) is 4.47. The van der Waals surface area contributed by atoms with Crippen LogP contribution >= 0.6 is 0 Å². The molecule has 1 saturated heterocycles. The maximum atomic E-state index is 15.2. The van der Waals surface area contributed by atoms with Gasteiger partial charge in [-0.1, -0.05) is 0 Å². The maximum Gasteiger partial charge on any atom is 0.307 e. The van der Waals surface area contributed by atoms with Crippen LogP contribution in [0.15, 0.2) is 55.0 Å². The monoisotopic (exact) mass is 659 g/mol. The standard InChI is InChI=1S/C34H32F3N7O4/c1-2-43-20-39-16-23(43)17-44-29-13-22(14-33(45)46)12-27(37)34(29)41-31(44)18-42-9-7-24(8-10-42)48-32-6-4-25(35)28(40-32)19-47-30-5-3-21(15-38)11-26(30)36/h3-6,11-13,16,20,24H,2,7-10,14,17-19H2,1H3,(H,45,46). The van der Waals surface area contributed by atoms with Gasteiger partial charge in [-0.25, -0.2) is 28.1 Å². The summed E-state index contributed by atoms with van der Waals surface area (Å²) < 4.78 is 59.3. The minimum atomic E-state index is -1.05. The summed E-state index contributed by atoms with van der Waals surface area (Å²) in [6, 6.07) is 11.2. The van der Waals surface area contributed by atoms with Crippen molar-refractivity contribution in [3.8, 4) is 17.7 Å². The summed E-state index contributed by atoms with van der Waals surface area (Å²) >= 11 is 0. The Hall–Kier alpha value is -5.42. The third kappa shape index (κ3) is 7.26. The number of pyridine rings is 1. The number of hydrogen-bond donors (Lipinski definition) is 1. The minimum Gasteiger partial charge on any atom is -0.484 e. The zero-order valence-electron chi connectivity index (χ0n) is 26.1. The molecule has 5 aromatic rings. The van der Waals surface area contributed by atoms with E-state index < -0.39 is 23.4 Å². The highest BCUT2D eigenvalue weighted by atomic mass is 19.1. The molecule has 0 bridgehead atoms. The fourth-order valence-corrected chi connectivity index (χ4v) is 5.81. The SMILES string of the molecule is CCn1cncc1Cn1c(CN2CCC(Oc3ccc(F)c(COc4ccc(C#N)cc4F)n3)CC2)nc2c(F)cc(CC(=O)O)cc21. The number of carboxylic acid groups (broad SMARTS) is 1. The molecule has 0 atom stereocenters. The lowest BCUT2D eigenvalue weighted by Crippen LogP contribution is -2.38. The van der Waals surface area contributed by atoms with Gasteiger partial charge in [-0.05, 0) is 61.7 Å². The predicted molar refractivity (Wildman–Crippen MR) is 167 cm³/mol. The molecule has 0 radical (unpaired) electrons. The zero-order chi connectivity index (χ0) is 33.8. The number of imidazole rings is 2. The van der Waals surface area contributed by atoms with E-state index >= 15 is 4.39 Å². The number of likely N-dealkylation sites (tertiary alicyclic amines) is 1. The minimum absolute atomic E-state index is 0.0456. The van der Waals surface area contributed by atoms with E-state index in [0.29, 0.717) is 62.5 Å². The number of carboxylic acids is 1. The van der Waals surface area contributed by atoms with Crippen LogP contribution in [0.4, 0.5) is 13.2 Å². The summed E-state index contributed by atoms with van der Waals surface area (Å²) in [5.41, 5.74) is 2.07. The summed E-state index contributed by atoms with van der Waals surface area (Å²) in [5.74, 6) is -2.24. The smallest absolute Gasteiger partial charge is 0.307 e. The number of ether oxygens (including phenoxy) is 2. The number of piperidine rings is 1. The van der Waals surface area contributed by atoms with E-state index in [4.69, 9.17) is 14.7 Å². The molecule has 3 aromatic heterocycles. The van der Waals surface area contributed by atoms with Crippen LogP contribution in [0, 0.1) is 28.8 Å². The van der Waals surface area contributed by atoms with Crippen molar-refractivity contribution in [3.63, 3.8) is 0 Å². The molecule has 0 spiro atoms. The van der Waals surface area contributed by atoms with Crippen molar-refractivity contribution < 1.29 is 32.5 Å². The fourth-order valence-electron chi connectivity index (χ4n) is 5.81. The average molecular weight is 660 g/mol. The van der Waals surface area contributed by atoms with Crippen molar-refractivity contribution in [2.45, 2.75) is 58.5 Å². The highest BCUT2D eigenvalue weighted by Gasteiger charge is 2.25. The highest BCUT2D eigenvalue weighted by molar-refractivity contribution is 5.80. The van der Waals surface area contributed by atoms with E-state index in [1.54, 1.807) is 18.6 Å². The quantitative estimate of drug-likeness (QED) is 0.191. The van der Waals surface area contributed by atoms with Crippen molar-refractivity contribution in [1.29, 1.82) is 5.26 Å². The van der Waals surface area contributed by atoms with E-state index in [1.807, 2.05) is 22.1 Å². The Kier molecular flexibility index (Phi) is 9.58. The number of hydrogen-bond acceptors (Lipinski definition) is 8. The van der Waals surface area contributed by atoms with Gasteiger partial charge in [0.25, 0.3) is 0 Å². The Morgan fingerprint density at radius 2 is 1.85 bits per heavy atom. The van der Waals surface area contributed by atoms with E-state index in [9.17, 15) is 18.7 Å². The fraction of sp³-hybridized carbons (Fsp3) is 0.324. The van der Waals surface area contributed by atoms with Crippen molar-refractivity contribution >= 4 is 17.0 Å². The summed E-state index contributed by atoms with van der Waals surface area (Å²) in [7, 11) is 0. The Balaban J connectivity index is 1.13. The van der Waals surface area contributed by atoms with Gasteiger partial charge in [0.1, 0.15) is 35.6 Å². The Morgan fingerprint density at radius 3 is 2.58 bits per heavy atom. The molecule has 1 aliphatic heterocycles. The number of aryl methyl sites for hydroxylation is 1. The Morgan fingerprint density at radius 1 is 1.04 bits per heavy atom. The van der Waals surface area contributed by atoms with Gasteiger partial charge >= 0.3 is 5.97 Å². The van der Waals surface area contributed by atoms with Crippen molar-refractivity contribution in [2.75, 3.05) is 13.1 Å². The average Bonchev–Trinajstić information content (AvgIpc) is 3.66. The van der Waals surface area contributed by atoms with Gasteiger partial charge in [-0.15, -0.1) is 0 Å². The molecule has 2 aromatic carbocycles. The van der Waals surface area contributed by atoms with Gasteiger partial charge in [0.15, 0.2) is 17.4 Å². The van der Waals surface area contributed by atoms with Crippen LogP contribution in [0.5, 0.6) is 11.6 Å². The van der Waals surface area contributed by atoms with Gasteiger partial charge in [0.2, 0.25) is 5.88 Å². The molecular formula is C34H32F3N7O4. The Bertz CT molecular complexity index is 2000. The van der Waals surface area contributed by atoms with Crippen LogP contribution in [0.1, 0.15) is 48.1 Å². The van der Waals surface area contributed by atoms with E-state index in [0.717, 1.165) is 11.8 Å². The zero-order valence-corrected chi connectivity index (χ0v) is 26.1. The first kappa shape index (κ1) is 32.5. The Labute approximate surface area is 273 Å². The van der Waals surface area contributed by atoms with Crippen LogP contribution in [-0.2, 0) is 37.5 Å². The molecule has 4 heterocycles. The summed E-state index contributed by atoms with van der Waals surface area (Å²) in [5, 5.41) is 18.2. The topological polar surface area (TPSA) is 131 Å². The largest absolute Gasteiger partial charge is 0.484 e. The lowest BCUT2D eigenvalue weighted by Gasteiger charge is -2.31. The first-order valence-electron chi connectivity index (χ1n) is 15.5. The lowest BCUT2D eigenvalue weighted by atomic mass is 10.1. The number of halogens is 3. The lowest BCUT2D eigenvalue weighted by molar-refractivity contribution is -0.136. The van der Waals surface area contributed by atoms with Crippen LogP contribution in [0.25, 0.3) is 11.0 Å².